The molecule has 1 aromatic heterocycles. The standard InChI is InChI=1S/C13H13NO4S/c15-9-7-13(5-1-2-6-13)12(18)14(9)10-4-3-8(19-10)11(16)17/h3-4H,1-2,5-7H2,(H,16,17). The number of thiophene rings is 1. The van der Waals surface area contributed by atoms with Gasteiger partial charge in [0.05, 0.1) is 5.41 Å². The zero-order chi connectivity index (χ0) is 13.6. The highest BCUT2D eigenvalue weighted by Crippen LogP contribution is 2.48. The first-order chi connectivity index (χ1) is 9.03. The van der Waals surface area contributed by atoms with Gasteiger partial charge in [-0.05, 0) is 25.0 Å². The molecule has 6 heteroatoms. The molecule has 1 saturated heterocycles. The normalized spacial score (nSPS) is 21.6. The van der Waals surface area contributed by atoms with Gasteiger partial charge < -0.3 is 5.11 Å². The highest BCUT2D eigenvalue weighted by atomic mass is 32.1. The fraction of sp³-hybridized carbons (Fsp3) is 0.462. The molecule has 1 N–H and O–H groups in total. The van der Waals surface area contributed by atoms with Gasteiger partial charge in [-0.15, -0.1) is 11.3 Å². The van der Waals surface area contributed by atoms with Crippen molar-refractivity contribution in [1.82, 2.24) is 0 Å². The maximum Gasteiger partial charge on any atom is 0.345 e. The summed E-state index contributed by atoms with van der Waals surface area (Å²) >= 11 is 0.973. The second-order valence-corrected chi connectivity index (χ2v) is 6.20. The van der Waals surface area contributed by atoms with E-state index >= 15 is 0 Å². The van der Waals surface area contributed by atoms with E-state index in [1.54, 1.807) is 0 Å². The first-order valence-electron chi connectivity index (χ1n) is 6.24. The molecule has 19 heavy (non-hydrogen) atoms. The molecule has 1 aromatic rings. The predicted molar refractivity (Wildman–Crippen MR) is 69.3 cm³/mol. The number of carboxylic acid groups (broad SMARTS) is 1. The van der Waals surface area contributed by atoms with Crippen molar-refractivity contribution in [1.29, 1.82) is 0 Å². The summed E-state index contributed by atoms with van der Waals surface area (Å²) in [6.45, 7) is 0. The molecule has 1 aliphatic carbocycles. The van der Waals surface area contributed by atoms with Crippen LogP contribution in [0.1, 0.15) is 41.8 Å². The van der Waals surface area contributed by atoms with Crippen LogP contribution in [0.15, 0.2) is 12.1 Å². The van der Waals surface area contributed by atoms with E-state index in [4.69, 9.17) is 5.11 Å². The summed E-state index contributed by atoms with van der Waals surface area (Å²) in [6, 6.07) is 2.97. The molecule has 5 nitrogen and oxygen atoms in total. The Kier molecular flexibility index (Phi) is 2.70. The summed E-state index contributed by atoms with van der Waals surface area (Å²) in [5.74, 6) is -1.38. The Bertz CT molecular complexity index is 571. The number of nitrogens with zero attached hydrogens (tertiary/aromatic N) is 1. The lowest BCUT2D eigenvalue weighted by Crippen LogP contribution is -2.33. The first kappa shape index (κ1) is 12.3. The topological polar surface area (TPSA) is 74.7 Å². The van der Waals surface area contributed by atoms with Crippen molar-refractivity contribution in [2.24, 2.45) is 5.41 Å². The maximum atomic E-state index is 12.5. The van der Waals surface area contributed by atoms with Gasteiger partial charge in [-0.3, -0.25) is 9.59 Å². The van der Waals surface area contributed by atoms with E-state index in [0.29, 0.717) is 5.00 Å². The SMILES string of the molecule is O=C(O)c1ccc(N2C(=O)CC3(CCCC3)C2=O)s1. The summed E-state index contributed by atoms with van der Waals surface area (Å²) < 4.78 is 0. The number of carboxylic acids is 1. The summed E-state index contributed by atoms with van der Waals surface area (Å²) in [5, 5.41) is 9.33. The van der Waals surface area contributed by atoms with Crippen LogP contribution in [0.3, 0.4) is 0 Å². The van der Waals surface area contributed by atoms with Crippen molar-refractivity contribution < 1.29 is 19.5 Å². The number of anilines is 1. The molecule has 1 spiro atoms. The van der Waals surface area contributed by atoms with Crippen LogP contribution in [-0.2, 0) is 9.59 Å². The summed E-state index contributed by atoms with van der Waals surface area (Å²) in [5.41, 5.74) is -0.509. The van der Waals surface area contributed by atoms with Gasteiger partial charge in [-0.1, -0.05) is 12.8 Å². The molecule has 100 valence electrons. The third kappa shape index (κ3) is 1.78. The number of hydrogen-bond donors (Lipinski definition) is 1. The molecule has 3 rings (SSSR count). The number of imide groups is 1. The number of carbonyl (C=O) groups excluding carboxylic acids is 2. The van der Waals surface area contributed by atoms with Gasteiger partial charge in [0, 0.05) is 6.42 Å². The van der Waals surface area contributed by atoms with Crippen LogP contribution in [0.25, 0.3) is 0 Å². The Hall–Kier alpha value is -1.69. The fourth-order valence-corrected chi connectivity index (χ4v) is 3.88. The highest BCUT2D eigenvalue weighted by molar-refractivity contribution is 7.18. The smallest absolute Gasteiger partial charge is 0.345 e. The average Bonchev–Trinajstić information content (AvgIpc) is 3.02. The van der Waals surface area contributed by atoms with Crippen molar-refractivity contribution in [3.8, 4) is 0 Å². The third-order valence-electron chi connectivity index (χ3n) is 3.98. The minimum Gasteiger partial charge on any atom is -0.477 e. The van der Waals surface area contributed by atoms with Gasteiger partial charge in [0.15, 0.2) is 0 Å². The molecule has 0 bridgehead atoms. The lowest BCUT2D eigenvalue weighted by Gasteiger charge is -2.19. The molecule has 2 aliphatic rings. The number of amides is 2. The monoisotopic (exact) mass is 279 g/mol. The van der Waals surface area contributed by atoms with E-state index in [2.05, 4.69) is 0 Å². The summed E-state index contributed by atoms with van der Waals surface area (Å²) in [7, 11) is 0. The Morgan fingerprint density at radius 3 is 2.53 bits per heavy atom. The van der Waals surface area contributed by atoms with E-state index < -0.39 is 11.4 Å². The Morgan fingerprint density at radius 2 is 1.95 bits per heavy atom. The molecule has 2 heterocycles. The lowest BCUT2D eigenvalue weighted by atomic mass is 9.85. The van der Waals surface area contributed by atoms with Crippen LogP contribution in [0.5, 0.6) is 0 Å². The van der Waals surface area contributed by atoms with Gasteiger partial charge in [-0.25, -0.2) is 9.69 Å². The van der Waals surface area contributed by atoms with Crippen LogP contribution in [0, 0.1) is 5.41 Å². The molecule has 0 unspecified atom stereocenters. The van der Waals surface area contributed by atoms with Crippen molar-refractivity contribution in [2.45, 2.75) is 32.1 Å². The van der Waals surface area contributed by atoms with E-state index in [0.717, 1.165) is 37.0 Å². The molecular formula is C13H13NO4S. The van der Waals surface area contributed by atoms with Gasteiger partial charge in [-0.2, -0.15) is 0 Å². The zero-order valence-corrected chi connectivity index (χ0v) is 11.0. The Labute approximate surface area is 113 Å². The lowest BCUT2D eigenvalue weighted by molar-refractivity contribution is -0.125. The predicted octanol–water partition coefficient (Wildman–Crippen LogP) is 2.27. The Balaban J connectivity index is 1.94. The van der Waals surface area contributed by atoms with Crippen LogP contribution in [-0.4, -0.2) is 22.9 Å². The van der Waals surface area contributed by atoms with Gasteiger partial charge in [0.25, 0.3) is 0 Å². The summed E-state index contributed by atoms with van der Waals surface area (Å²) in [6.07, 6.45) is 3.78. The highest BCUT2D eigenvalue weighted by Gasteiger charge is 2.53. The molecule has 2 amide bonds. The molecule has 0 atom stereocenters. The minimum absolute atomic E-state index is 0.142. The van der Waals surface area contributed by atoms with Crippen molar-refractivity contribution in [2.75, 3.05) is 4.90 Å². The van der Waals surface area contributed by atoms with Gasteiger partial charge >= 0.3 is 5.97 Å². The molecular weight excluding hydrogens is 266 g/mol. The second-order valence-electron chi connectivity index (χ2n) is 5.14. The van der Waals surface area contributed by atoms with E-state index in [1.165, 1.54) is 17.0 Å². The first-order valence-corrected chi connectivity index (χ1v) is 7.06. The molecule has 2 fully saturated rings. The van der Waals surface area contributed by atoms with Crippen LogP contribution in [0.2, 0.25) is 0 Å². The van der Waals surface area contributed by atoms with Crippen LogP contribution >= 0.6 is 11.3 Å². The van der Waals surface area contributed by atoms with Crippen molar-refractivity contribution in [3.63, 3.8) is 0 Å². The molecule has 0 aromatic carbocycles. The number of carbonyl (C=O) groups is 3. The summed E-state index contributed by atoms with van der Waals surface area (Å²) in [4.78, 5) is 36.8. The maximum absolute atomic E-state index is 12.5. The second kappa shape index (κ2) is 4.16. The van der Waals surface area contributed by atoms with Crippen molar-refractivity contribution in [3.05, 3.63) is 17.0 Å². The van der Waals surface area contributed by atoms with Crippen molar-refractivity contribution >= 4 is 34.1 Å². The van der Waals surface area contributed by atoms with Crippen LogP contribution in [0.4, 0.5) is 5.00 Å². The number of aromatic carboxylic acids is 1. The molecule has 0 radical (unpaired) electrons. The van der Waals surface area contributed by atoms with E-state index in [-0.39, 0.29) is 23.1 Å². The largest absolute Gasteiger partial charge is 0.477 e. The minimum atomic E-state index is -1.04. The fourth-order valence-electron chi connectivity index (χ4n) is 3.02. The number of rotatable bonds is 2. The zero-order valence-electron chi connectivity index (χ0n) is 10.2. The van der Waals surface area contributed by atoms with Crippen LogP contribution < -0.4 is 4.90 Å². The average molecular weight is 279 g/mol. The van der Waals surface area contributed by atoms with E-state index in [9.17, 15) is 14.4 Å². The van der Waals surface area contributed by atoms with Gasteiger partial charge in [0.2, 0.25) is 11.8 Å². The third-order valence-corrected chi connectivity index (χ3v) is 5.04. The van der Waals surface area contributed by atoms with E-state index in [1.807, 2.05) is 0 Å². The Morgan fingerprint density at radius 1 is 1.26 bits per heavy atom. The van der Waals surface area contributed by atoms with Gasteiger partial charge in [0.1, 0.15) is 9.88 Å². The number of hydrogen-bond acceptors (Lipinski definition) is 4. The quantitative estimate of drug-likeness (QED) is 0.843. The molecule has 1 saturated carbocycles. The molecule has 1 aliphatic heterocycles.